The molecule has 1 heterocycles. The topological polar surface area (TPSA) is 52.1 Å². The van der Waals surface area contributed by atoms with Crippen molar-refractivity contribution in [1.29, 1.82) is 0 Å². The van der Waals surface area contributed by atoms with Crippen LogP contribution < -0.4 is 0 Å². The lowest BCUT2D eigenvalue weighted by molar-refractivity contribution is -0.139. The first-order chi connectivity index (χ1) is 6.54. The Balaban J connectivity index is 3.02. The van der Waals surface area contributed by atoms with Crippen molar-refractivity contribution in [2.24, 2.45) is 0 Å². The van der Waals surface area contributed by atoms with E-state index < -0.39 is 0 Å². The van der Waals surface area contributed by atoms with E-state index in [2.05, 4.69) is 14.7 Å². The van der Waals surface area contributed by atoms with Crippen LogP contribution in [-0.4, -0.2) is 23.0 Å². The van der Waals surface area contributed by atoms with Gasteiger partial charge in [-0.1, -0.05) is 11.6 Å². The van der Waals surface area contributed by atoms with Gasteiger partial charge in [-0.2, -0.15) is 0 Å². The van der Waals surface area contributed by atoms with E-state index in [0.29, 0.717) is 22.2 Å². The van der Waals surface area contributed by atoms with Crippen molar-refractivity contribution in [3.63, 3.8) is 0 Å². The van der Waals surface area contributed by atoms with E-state index in [-0.39, 0.29) is 12.4 Å². The van der Waals surface area contributed by atoms with Crippen molar-refractivity contribution in [3.05, 3.63) is 22.2 Å². The molecule has 0 amide bonds. The highest BCUT2D eigenvalue weighted by Crippen LogP contribution is 2.17. The molecule has 0 radical (unpaired) electrons. The molecule has 0 unspecified atom stereocenters. The number of esters is 1. The number of hydrogen-bond donors (Lipinski definition) is 0. The van der Waals surface area contributed by atoms with Gasteiger partial charge < -0.3 is 4.74 Å². The SMILES string of the molecule is COC(=O)Cc1c(C)nc(C)nc1Cl. The molecular weight excluding hydrogens is 204 g/mol. The van der Waals surface area contributed by atoms with Crippen molar-refractivity contribution in [2.75, 3.05) is 7.11 Å². The number of carbonyl (C=O) groups excluding carboxylic acids is 1. The second-order valence-corrected chi connectivity index (χ2v) is 3.24. The minimum Gasteiger partial charge on any atom is -0.469 e. The Morgan fingerprint density at radius 1 is 1.43 bits per heavy atom. The summed E-state index contributed by atoms with van der Waals surface area (Å²) >= 11 is 5.88. The first-order valence-electron chi connectivity index (χ1n) is 4.11. The van der Waals surface area contributed by atoms with Gasteiger partial charge in [0, 0.05) is 11.3 Å². The third-order valence-corrected chi connectivity index (χ3v) is 2.14. The first-order valence-corrected chi connectivity index (χ1v) is 4.48. The number of methoxy groups -OCH3 is 1. The number of carbonyl (C=O) groups is 1. The number of hydrogen-bond acceptors (Lipinski definition) is 4. The normalized spacial score (nSPS) is 10.0. The highest BCUT2D eigenvalue weighted by Gasteiger charge is 2.12. The maximum Gasteiger partial charge on any atom is 0.310 e. The number of nitrogens with zero attached hydrogens (tertiary/aromatic N) is 2. The zero-order chi connectivity index (χ0) is 10.7. The van der Waals surface area contributed by atoms with Gasteiger partial charge in [-0.25, -0.2) is 9.97 Å². The van der Waals surface area contributed by atoms with Crippen LogP contribution in [0, 0.1) is 13.8 Å². The molecule has 0 atom stereocenters. The molecule has 0 aromatic carbocycles. The fourth-order valence-corrected chi connectivity index (χ4v) is 1.44. The zero-order valence-corrected chi connectivity index (χ0v) is 9.05. The average Bonchev–Trinajstić information content (AvgIpc) is 2.10. The molecule has 0 saturated heterocycles. The number of rotatable bonds is 2. The van der Waals surface area contributed by atoms with Crippen LogP contribution in [0.15, 0.2) is 0 Å². The molecule has 1 rings (SSSR count). The van der Waals surface area contributed by atoms with Crippen LogP contribution in [0.1, 0.15) is 17.1 Å². The van der Waals surface area contributed by atoms with Crippen LogP contribution >= 0.6 is 11.6 Å². The Labute approximate surface area is 87.3 Å². The molecule has 0 fully saturated rings. The fourth-order valence-electron chi connectivity index (χ4n) is 1.11. The summed E-state index contributed by atoms with van der Waals surface area (Å²) in [5, 5.41) is 0.320. The zero-order valence-electron chi connectivity index (χ0n) is 8.30. The van der Waals surface area contributed by atoms with Crippen molar-refractivity contribution in [1.82, 2.24) is 9.97 Å². The predicted molar refractivity (Wildman–Crippen MR) is 52.2 cm³/mol. The fraction of sp³-hybridized carbons (Fsp3) is 0.444. The summed E-state index contributed by atoms with van der Waals surface area (Å²) in [6, 6.07) is 0. The van der Waals surface area contributed by atoms with E-state index in [0.717, 1.165) is 0 Å². The van der Waals surface area contributed by atoms with E-state index in [4.69, 9.17) is 11.6 Å². The summed E-state index contributed by atoms with van der Waals surface area (Å²) in [7, 11) is 1.33. The highest BCUT2D eigenvalue weighted by atomic mass is 35.5. The summed E-state index contributed by atoms with van der Waals surface area (Å²) in [4.78, 5) is 19.1. The summed E-state index contributed by atoms with van der Waals surface area (Å²) in [5.41, 5.74) is 1.34. The molecule has 1 aromatic rings. The molecule has 0 N–H and O–H groups in total. The molecule has 0 spiro atoms. The summed E-state index contributed by atoms with van der Waals surface area (Å²) in [5.74, 6) is 0.253. The molecule has 0 aliphatic heterocycles. The second-order valence-electron chi connectivity index (χ2n) is 2.88. The van der Waals surface area contributed by atoms with E-state index in [9.17, 15) is 4.79 Å². The predicted octanol–water partition coefficient (Wildman–Crippen LogP) is 1.46. The molecular formula is C9H11ClN2O2. The van der Waals surface area contributed by atoms with Crippen LogP contribution in [0.2, 0.25) is 5.15 Å². The lowest BCUT2D eigenvalue weighted by atomic mass is 10.2. The van der Waals surface area contributed by atoms with Crippen molar-refractivity contribution in [3.8, 4) is 0 Å². The molecule has 0 bridgehead atoms. The van der Waals surface area contributed by atoms with Crippen LogP contribution in [0.3, 0.4) is 0 Å². The van der Waals surface area contributed by atoms with Gasteiger partial charge in [-0.05, 0) is 13.8 Å². The largest absolute Gasteiger partial charge is 0.469 e. The third kappa shape index (κ3) is 2.42. The second kappa shape index (κ2) is 4.37. The monoisotopic (exact) mass is 214 g/mol. The van der Waals surface area contributed by atoms with Gasteiger partial charge in [0.05, 0.1) is 13.5 Å². The van der Waals surface area contributed by atoms with Crippen LogP contribution in [0.25, 0.3) is 0 Å². The Morgan fingerprint density at radius 2 is 2.07 bits per heavy atom. The van der Waals surface area contributed by atoms with Gasteiger partial charge in [-0.15, -0.1) is 0 Å². The number of halogens is 1. The highest BCUT2D eigenvalue weighted by molar-refractivity contribution is 6.30. The lowest BCUT2D eigenvalue weighted by Gasteiger charge is -2.06. The third-order valence-electron chi connectivity index (χ3n) is 1.82. The van der Waals surface area contributed by atoms with E-state index in [1.807, 2.05) is 0 Å². The van der Waals surface area contributed by atoms with E-state index >= 15 is 0 Å². The number of ether oxygens (including phenoxy) is 1. The Hall–Kier alpha value is -1.16. The van der Waals surface area contributed by atoms with Crippen molar-refractivity contribution >= 4 is 17.6 Å². The maximum atomic E-state index is 11.0. The summed E-state index contributed by atoms with van der Waals surface area (Å²) < 4.78 is 4.54. The quantitative estimate of drug-likeness (QED) is 0.553. The summed E-state index contributed by atoms with van der Waals surface area (Å²) in [6.45, 7) is 3.54. The molecule has 14 heavy (non-hydrogen) atoms. The maximum absolute atomic E-state index is 11.0. The smallest absolute Gasteiger partial charge is 0.310 e. The van der Waals surface area contributed by atoms with Crippen molar-refractivity contribution in [2.45, 2.75) is 20.3 Å². The standard InChI is InChI=1S/C9H11ClN2O2/c1-5-7(4-8(13)14-3)9(10)12-6(2)11-5/h4H2,1-3H3. The molecule has 0 aliphatic rings. The van der Waals surface area contributed by atoms with Crippen molar-refractivity contribution < 1.29 is 9.53 Å². The number of aryl methyl sites for hydroxylation is 2. The lowest BCUT2D eigenvalue weighted by Crippen LogP contribution is -2.09. The van der Waals surface area contributed by atoms with E-state index in [1.165, 1.54) is 7.11 Å². The molecule has 1 aromatic heterocycles. The summed E-state index contributed by atoms with van der Waals surface area (Å²) in [6.07, 6.45) is 0.113. The molecule has 76 valence electrons. The van der Waals surface area contributed by atoms with Gasteiger partial charge in [0.25, 0.3) is 0 Å². The number of aromatic nitrogens is 2. The van der Waals surface area contributed by atoms with Crippen LogP contribution in [-0.2, 0) is 16.0 Å². The molecule has 0 saturated carbocycles. The average molecular weight is 215 g/mol. The Kier molecular flexibility index (Phi) is 3.41. The van der Waals surface area contributed by atoms with Gasteiger partial charge >= 0.3 is 5.97 Å². The van der Waals surface area contributed by atoms with Gasteiger partial charge in [0.15, 0.2) is 0 Å². The molecule has 5 heteroatoms. The molecule has 4 nitrogen and oxygen atoms in total. The Bertz CT molecular complexity index is 343. The van der Waals surface area contributed by atoms with Crippen LogP contribution in [0.5, 0.6) is 0 Å². The van der Waals surface area contributed by atoms with Gasteiger partial charge in [-0.3, -0.25) is 4.79 Å². The van der Waals surface area contributed by atoms with E-state index in [1.54, 1.807) is 13.8 Å². The molecule has 0 aliphatic carbocycles. The minimum atomic E-state index is -0.345. The van der Waals surface area contributed by atoms with Gasteiger partial charge in [0.1, 0.15) is 11.0 Å². The minimum absolute atomic E-state index is 0.113. The Morgan fingerprint density at radius 3 is 2.57 bits per heavy atom. The first kappa shape index (κ1) is 10.9. The van der Waals surface area contributed by atoms with Gasteiger partial charge in [0.2, 0.25) is 0 Å². The van der Waals surface area contributed by atoms with Crippen LogP contribution in [0.4, 0.5) is 0 Å².